The van der Waals surface area contributed by atoms with Crippen molar-refractivity contribution in [1.29, 1.82) is 0 Å². The van der Waals surface area contributed by atoms with Gasteiger partial charge in [-0.2, -0.15) is 11.8 Å². The summed E-state index contributed by atoms with van der Waals surface area (Å²) < 4.78 is 6.70. The highest BCUT2D eigenvalue weighted by atomic mass is 32.2. The van der Waals surface area contributed by atoms with Gasteiger partial charge in [-0.3, -0.25) is 0 Å². The second-order valence-corrected chi connectivity index (χ2v) is 6.11. The zero-order valence-corrected chi connectivity index (χ0v) is 12.3. The van der Waals surface area contributed by atoms with Crippen LogP contribution in [-0.4, -0.2) is 33.6 Å². The fourth-order valence-electron chi connectivity index (χ4n) is 2.39. The molecule has 0 amide bonds. The molecule has 1 fully saturated rings. The number of aromatic nitrogens is 2. The molecule has 1 unspecified atom stereocenters. The summed E-state index contributed by atoms with van der Waals surface area (Å²) in [6, 6.07) is 0. The number of hydrogen-bond acceptors (Lipinski definition) is 5. The van der Waals surface area contributed by atoms with Crippen molar-refractivity contribution >= 4 is 23.5 Å². The van der Waals surface area contributed by atoms with Gasteiger partial charge in [0.15, 0.2) is 5.69 Å². The Morgan fingerprint density at radius 2 is 2.37 bits per heavy atom. The lowest BCUT2D eigenvalue weighted by Gasteiger charge is -2.22. The van der Waals surface area contributed by atoms with Crippen LogP contribution in [0.25, 0.3) is 0 Å². The molecule has 5 nitrogen and oxygen atoms in total. The summed E-state index contributed by atoms with van der Waals surface area (Å²) in [5.74, 6) is 2.06. The van der Waals surface area contributed by atoms with Gasteiger partial charge in [0.05, 0.1) is 7.11 Å². The molecule has 0 spiro atoms. The molecule has 2 rings (SSSR count). The molecule has 2 N–H and O–H groups in total. The highest BCUT2D eigenvalue weighted by molar-refractivity contribution is 7.99. The molecule has 19 heavy (non-hydrogen) atoms. The second-order valence-electron chi connectivity index (χ2n) is 4.71. The van der Waals surface area contributed by atoms with E-state index >= 15 is 0 Å². The summed E-state index contributed by atoms with van der Waals surface area (Å²) in [6.45, 7) is 2.86. The van der Waals surface area contributed by atoms with Gasteiger partial charge in [-0.15, -0.1) is 0 Å². The maximum Gasteiger partial charge on any atom is 0.360 e. The molecule has 6 heteroatoms. The van der Waals surface area contributed by atoms with Gasteiger partial charge in [0, 0.05) is 18.2 Å². The van der Waals surface area contributed by atoms with Gasteiger partial charge in [0.1, 0.15) is 11.6 Å². The van der Waals surface area contributed by atoms with Gasteiger partial charge < -0.3 is 15.0 Å². The van der Waals surface area contributed by atoms with Crippen LogP contribution in [0.2, 0.25) is 0 Å². The molecule has 0 aromatic carbocycles. The topological polar surface area (TPSA) is 70.1 Å². The number of nitrogen functional groups attached to an aromatic ring is 1. The summed E-state index contributed by atoms with van der Waals surface area (Å²) >= 11 is 1.99. The van der Waals surface area contributed by atoms with Crippen LogP contribution in [0.1, 0.15) is 42.5 Å². The van der Waals surface area contributed by atoms with Crippen molar-refractivity contribution in [2.45, 2.75) is 44.4 Å². The third-order valence-corrected chi connectivity index (χ3v) is 4.82. The summed E-state index contributed by atoms with van der Waals surface area (Å²) in [6.07, 6.45) is 4.55. The fraction of sp³-hybridized carbons (Fsp3) is 0.692. The van der Waals surface area contributed by atoms with Crippen LogP contribution in [0, 0.1) is 0 Å². The van der Waals surface area contributed by atoms with Gasteiger partial charge in [-0.1, -0.05) is 13.3 Å². The number of nitrogens with two attached hydrogens (primary N) is 1. The van der Waals surface area contributed by atoms with E-state index in [4.69, 9.17) is 10.5 Å². The number of imidazole rings is 1. The fourth-order valence-corrected chi connectivity index (χ4v) is 3.68. The number of carbonyl (C=O) groups excluding carboxylic acids is 1. The Balaban J connectivity index is 2.22. The first-order chi connectivity index (χ1) is 9.17. The number of aryl methyl sites for hydroxylation is 1. The lowest BCUT2D eigenvalue weighted by atomic mass is 10.2. The zero-order valence-electron chi connectivity index (χ0n) is 11.5. The molecule has 1 atom stereocenters. The van der Waals surface area contributed by atoms with Crippen molar-refractivity contribution < 1.29 is 9.53 Å². The van der Waals surface area contributed by atoms with E-state index in [0.717, 1.165) is 18.8 Å². The van der Waals surface area contributed by atoms with E-state index in [1.807, 2.05) is 23.3 Å². The van der Waals surface area contributed by atoms with Crippen molar-refractivity contribution in [2.24, 2.45) is 0 Å². The highest BCUT2D eigenvalue weighted by Crippen LogP contribution is 2.28. The first-order valence-corrected chi connectivity index (χ1v) is 7.77. The van der Waals surface area contributed by atoms with Crippen molar-refractivity contribution in [2.75, 3.05) is 18.6 Å². The lowest BCUT2D eigenvalue weighted by molar-refractivity contribution is 0.0595. The SMILES string of the molecule is CCc1nc(C(=O)OC)c(N)n1CC1CCCCS1. The van der Waals surface area contributed by atoms with Crippen LogP contribution in [0.15, 0.2) is 0 Å². The predicted molar refractivity (Wildman–Crippen MR) is 77.5 cm³/mol. The Kier molecular flexibility index (Phi) is 4.74. The molecule has 1 saturated heterocycles. The Morgan fingerprint density at radius 3 is 2.95 bits per heavy atom. The number of ether oxygens (including phenoxy) is 1. The molecule has 2 heterocycles. The molecule has 0 bridgehead atoms. The average molecular weight is 283 g/mol. The van der Waals surface area contributed by atoms with E-state index in [2.05, 4.69) is 4.98 Å². The number of esters is 1. The molecule has 0 aliphatic carbocycles. The predicted octanol–water partition coefficient (Wildman–Crippen LogP) is 2.10. The first-order valence-electron chi connectivity index (χ1n) is 6.72. The molecule has 1 aliphatic heterocycles. The lowest BCUT2D eigenvalue weighted by Crippen LogP contribution is -2.20. The van der Waals surface area contributed by atoms with E-state index in [-0.39, 0.29) is 5.69 Å². The van der Waals surface area contributed by atoms with Crippen LogP contribution < -0.4 is 5.73 Å². The molecular formula is C13H21N3O2S. The van der Waals surface area contributed by atoms with Crippen molar-refractivity contribution in [3.05, 3.63) is 11.5 Å². The Hall–Kier alpha value is -1.17. The van der Waals surface area contributed by atoms with Crippen molar-refractivity contribution in [1.82, 2.24) is 9.55 Å². The minimum Gasteiger partial charge on any atom is -0.464 e. The van der Waals surface area contributed by atoms with Crippen molar-refractivity contribution in [3.8, 4) is 0 Å². The van der Waals surface area contributed by atoms with Crippen LogP contribution in [0.3, 0.4) is 0 Å². The minimum atomic E-state index is -0.456. The van der Waals surface area contributed by atoms with Gasteiger partial charge in [-0.25, -0.2) is 9.78 Å². The third-order valence-electron chi connectivity index (χ3n) is 3.44. The number of carbonyl (C=O) groups is 1. The molecule has 106 valence electrons. The largest absolute Gasteiger partial charge is 0.464 e. The van der Waals surface area contributed by atoms with Crippen LogP contribution >= 0.6 is 11.8 Å². The Bertz CT molecular complexity index is 453. The quantitative estimate of drug-likeness (QED) is 0.857. The monoisotopic (exact) mass is 283 g/mol. The van der Waals surface area contributed by atoms with E-state index in [0.29, 0.717) is 11.1 Å². The number of anilines is 1. The van der Waals surface area contributed by atoms with Crippen LogP contribution in [-0.2, 0) is 17.7 Å². The third kappa shape index (κ3) is 3.05. The normalized spacial score (nSPS) is 19.4. The van der Waals surface area contributed by atoms with E-state index in [9.17, 15) is 4.79 Å². The summed E-state index contributed by atoms with van der Waals surface area (Å²) in [4.78, 5) is 15.9. The van der Waals surface area contributed by atoms with Gasteiger partial charge in [0.25, 0.3) is 0 Å². The molecule has 1 aromatic heterocycles. The Labute approximate surface area is 117 Å². The molecule has 1 aliphatic rings. The number of hydrogen-bond donors (Lipinski definition) is 1. The number of thioether (sulfide) groups is 1. The van der Waals surface area contributed by atoms with Crippen LogP contribution in [0.4, 0.5) is 5.82 Å². The smallest absolute Gasteiger partial charge is 0.360 e. The Morgan fingerprint density at radius 1 is 1.58 bits per heavy atom. The van der Waals surface area contributed by atoms with Crippen LogP contribution in [0.5, 0.6) is 0 Å². The first kappa shape index (κ1) is 14.2. The number of nitrogens with zero attached hydrogens (tertiary/aromatic N) is 2. The molecule has 0 saturated carbocycles. The summed E-state index contributed by atoms with van der Waals surface area (Å²) in [5, 5.41) is 0.570. The summed E-state index contributed by atoms with van der Waals surface area (Å²) in [7, 11) is 1.35. The zero-order chi connectivity index (χ0) is 13.8. The van der Waals surface area contributed by atoms with Gasteiger partial charge in [-0.05, 0) is 18.6 Å². The van der Waals surface area contributed by atoms with Gasteiger partial charge >= 0.3 is 5.97 Å². The highest BCUT2D eigenvalue weighted by Gasteiger charge is 2.23. The molecule has 1 aromatic rings. The average Bonchev–Trinajstić information content (AvgIpc) is 2.76. The van der Waals surface area contributed by atoms with Gasteiger partial charge in [0.2, 0.25) is 0 Å². The number of rotatable bonds is 4. The second kappa shape index (κ2) is 6.32. The minimum absolute atomic E-state index is 0.250. The molecular weight excluding hydrogens is 262 g/mol. The molecule has 0 radical (unpaired) electrons. The van der Waals surface area contributed by atoms with E-state index < -0.39 is 5.97 Å². The maximum absolute atomic E-state index is 11.6. The van der Waals surface area contributed by atoms with E-state index in [1.165, 1.54) is 32.1 Å². The number of methoxy groups -OCH3 is 1. The van der Waals surface area contributed by atoms with E-state index in [1.54, 1.807) is 0 Å². The van der Waals surface area contributed by atoms with Crippen molar-refractivity contribution in [3.63, 3.8) is 0 Å². The maximum atomic E-state index is 11.6. The summed E-state index contributed by atoms with van der Waals surface area (Å²) in [5.41, 5.74) is 6.31. The standard InChI is InChI=1S/C13H21N3O2S/c1-3-10-15-11(13(17)18-2)12(14)16(10)8-9-6-4-5-7-19-9/h9H,3-8,14H2,1-2H3.